The van der Waals surface area contributed by atoms with Crippen molar-refractivity contribution in [3.05, 3.63) is 24.3 Å². The second-order valence-corrected chi connectivity index (χ2v) is 5.37. The molecule has 110 valence electrons. The first-order valence-corrected chi connectivity index (χ1v) is 7.21. The fourth-order valence-electron chi connectivity index (χ4n) is 1.35. The van der Waals surface area contributed by atoms with Crippen molar-refractivity contribution in [1.29, 1.82) is 0 Å². The van der Waals surface area contributed by atoms with Gasteiger partial charge in [0.15, 0.2) is 5.11 Å². The van der Waals surface area contributed by atoms with Gasteiger partial charge in [0, 0.05) is 11.6 Å². The Morgan fingerprint density at radius 3 is 2.35 bits per heavy atom. The molecular formula is C15H22N2O2S. The summed E-state index contributed by atoms with van der Waals surface area (Å²) in [6, 6.07) is 7.49. The van der Waals surface area contributed by atoms with E-state index >= 15 is 0 Å². The van der Waals surface area contributed by atoms with Crippen LogP contribution in [0, 0.1) is 5.92 Å². The van der Waals surface area contributed by atoms with E-state index < -0.39 is 0 Å². The maximum absolute atomic E-state index is 11.5. The topological polar surface area (TPSA) is 50.4 Å². The molecular weight excluding hydrogens is 272 g/mol. The van der Waals surface area contributed by atoms with Crippen LogP contribution in [0.5, 0.6) is 5.75 Å². The molecule has 1 aromatic carbocycles. The van der Waals surface area contributed by atoms with E-state index in [0.717, 1.165) is 17.9 Å². The number of hydrogen-bond acceptors (Lipinski definition) is 3. The predicted octanol–water partition coefficient (Wildman–Crippen LogP) is 3.33. The van der Waals surface area contributed by atoms with E-state index in [4.69, 9.17) is 17.0 Å². The lowest BCUT2D eigenvalue weighted by molar-refractivity contribution is -0.122. The second-order valence-electron chi connectivity index (χ2n) is 4.96. The maximum atomic E-state index is 11.5. The van der Waals surface area contributed by atoms with Crippen molar-refractivity contribution in [2.75, 3.05) is 5.32 Å². The number of hydrogen-bond donors (Lipinski definition) is 2. The number of rotatable bonds is 5. The lowest BCUT2D eigenvalue weighted by atomic mass is 10.2. The second kappa shape index (κ2) is 7.85. The Labute approximate surface area is 125 Å². The van der Waals surface area contributed by atoms with Crippen molar-refractivity contribution in [2.45, 2.75) is 40.2 Å². The van der Waals surface area contributed by atoms with E-state index in [1.807, 2.05) is 45.0 Å². The molecule has 0 heterocycles. The first-order chi connectivity index (χ1) is 9.42. The van der Waals surface area contributed by atoms with E-state index in [0.29, 0.717) is 5.11 Å². The van der Waals surface area contributed by atoms with Gasteiger partial charge in [0.25, 0.3) is 0 Å². The van der Waals surface area contributed by atoms with Gasteiger partial charge in [0.2, 0.25) is 5.91 Å². The molecule has 0 aliphatic carbocycles. The number of benzene rings is 1. The molecule has 0 spiro atoms. The van der Waals surface area contributed by atoms with Crippen LogP contribution in [0.3, 0.4) is 0 Å². The average molecular weight is 294 g/mol. The molecule has 1 aromatic rings. The molecule has 0 bridgehead atoms. The third-order valence-electron chi connectivity index (χ3n) is 2.79. The van der Waals surface area contributed by atoms with Crippen molar-refractivity contribution in [2.24, 2.45) is 5.92 Å². The lowest BCUT2D eigenvalue weighted by Gasteiger charge is -2.14. The third kappa shape index (κ3) is 5.57. The van der Waals surface area contributed by atoms with Gasteiger partial charge in [-0.3, -0.25) is 4.79 Å². The van der Waals surface area contributed by atoms with Crippen LogP contribution in [0.25, 0.3) is 0 Å². The molecule has 1 amide bonds. The molecule has 0 saturated heterocycles. The van der Waals surface area contributed by atoms with Gasteiger partial charge < -0.3 is 15.4 Å². The molecule has 5 heteroatoms. The van der Waals surface area contributed by atoms with E-state index in [9.17, 15) is 4.79 Å². The number of thiocarbonyl (C=S) groups is 1. The summed E-state index contributed by atoms with van der Waals surface area (Å²) in [5, 5.41) is 5.90. The van der Waals surface area contributed by atoms with E-state index in [2.05, 4.69) is 17.6 Å². The number of anilines is 1. The summed E-state index contributed by atoms with van der Waals surface area (Å²) in [6.45, 7) is 7.75. The Morgan fingerprint density at radius 1 is 1.25 bits per heavy atom. The normalized spacial score (nSPS) is 11.8. The minimum Gasteiger partial charge on any atom is -0.491 e. The minimum absolute atomic E-state index is 0.0962. The van der Waals surface area contributed by atoms with Crippen LogP contribution in [-0.2, 0) is 4.79 Å². The van der Waals surface area contributed by atoms with Crippen molar-refractivity contribution in [3.8, 4) is 5.75 Å². The lowest BCUT2D eigenvalue weighted by Crippen LogP contribution is -2.36. The van der Waals surface area contributed by atoms with Gasteiger partial charge in [-0.05, 0) is 49.8 Å². The Kier molecular flexibility index (Phi) is 6.45. The Balaban J connectivity index is 2.53. The van der Waals surface area contributed by atoms with Crippen LogP contribution in [0.15, 0.2) is 24.3 Å². The number of nitrogens with one attached hydrogen (secondary N) is 2. The SMILES string of the molecule is CCC(C)Oc1ccc(NC(=S)NC(=O)C(C)C)cc1. The quantitative estimate of drug-likeness (QED) is 0.818. The average Bonchev–Trinajstić information content (AvgIpc) is 2.40. The van der Waals surface area contributed by atoms with E-state index in [-0.39, 0.29) is 17.9 Å². The zero-order chi connectivity index (χ0) is 15.1. The Bertz CT molecular complexity index is 457. The van der Waals surface area contributed by atoms with Gasteiger partial charge in [-0.1, -0.05) is 20.8 Å². The first kappa shape index (κ1) is 16.4. The summed E-state index contributed by atoms with van der Waals surface area (Å²) in [5.41, 5.74) is 0.815. The van der Waals surface area contributed by atoms with E-state index in [1.165, 1.54) is 0 Å². The van der Waals surface area contributed by atoms with Gasteiger partial charge in [0.05, 0.1) is 6.10 Å². The highest BCUT2D eigenvalue weighted by Crippen LogP contribution is 2.17. The summed E-state index contributed by atoms with van der Waals surface area (Å²) in [6.07, 6.45) is 1.16. The molecule has 1 unspecified atom stereocenters. The van der Waals surface area contributed by atoms with Gasteiger partial charge in [-0.25, -0.2) is 0 Å². The largest absolute Gasteiger partial charge is 0.491 e. The zero-order valence-corrected chi connectivity index (χ0v) is 13.2. The van der Waals surface area contributed by atoms with Crippen LogP contribution in [0.2, 0.25) is 0 Å². The number of carbonyl (C=O) groups excluding carboxylic acids is 1. The highest BCUT2D eigenvalue weighted by molar-refractivity contribution is 7.80. The smallest absolute Gasteiger partial charge is 0.228 e. The highest BCUT2D eigenvalue weighted by Gasteiger charge is 2.08. The Morgan fingerprint density at radius 2 is 1.85 bits per heavy atom. The highest BCUT2D eigenvalue weighted by atomic mass is 32.1. The number of amides is 1. The molecule has 0 fully saturated rings. The van der Waals surface area contributed by atoms with Gasteiger partial charge >= 0.3 is 0 Å². The summed E-state index contributed by atoms with van der Waals surface area (Å²) in [4.78, 5) is 11.5. The van der Waals surface area contributed by atoms with Gasteiger partial charge in [0.1, 0.15) is 5.75 Å². The molecule has 0 aliphatic heterocycles. The summed E-state index contributed by atoms with van der Waals surface area (Å²) >= 11 is 5.08. The zero-order valence-electron chi connectivity index (χ0n) is 12.4. The van der Waals surface area contributed by atoms with Gasteiger partial charge in [-0.15, -0.1) is 0 Å². The molecule has 0 saturated carbocycles. The predicted molar refractivity (Wildman–Crippen MR) is 86.0 cm³/mol. The fourth-order valence-corrected chi connectivity index (χ4v) is 1.57. The van der Waals surface area contributed by atoms with Crippen LogP contribution in [-0.4, -0.2) is 17.1 Å². The minimum atomic E-state index is -0.0979. The van der Waals surface area contributed by atoms with E-state index in [1.54, 1.807) is 0 Å². The van der Waals surface area contributed by atoms with Crippen molar-refractivity contribution in [3.63, 3.8) is 0 Å². The summed E-state index contributed by atoms with van der Waals surface area (Å²) < 4.78 is 5.69. The Hall–Kier alpha value is -1.62. The number of ether oxygens (including phenoxy) is 1. The monoisotopic (exact) mass is 294 g/mol. The van der Waals surface area contributed by atoms with Crippen molar-refractivity contribution in [1.82, 2.24) is 5.32 Å². The van der Waals surface area contributed by atoms with Crippen LogP contribution >= 0.6 is 12.2 Å². The standard InChI is InChI=1S/C15H22N2O2S/c1-5-11(4)19-13-8-6-12(7-9-13)16-15(20)17-14(18)10(2)3/h6-11H,5H2,1-4H3,(H2,16,17,18,20). The number of carbonyl (C=O) groups is 1. The van der Waals surface area contributed by atoms with Crippen molar-refractivity contribution >= 4 is 28.9 Å². The summed E-state index contributed by atoms with van der Waals surface area (Å²) in [7, 11) is 0. The van der Waals surface area contributed by atoms with Crippen LogP contribution in [0.4, 0.5) is 5.69 Å². The molecule has 0 aromatic heterocycles. The molecule has 0 aliphatic rings. The molecule has 2 N–H and O–H groups in total. The summed E-state index contributed by atoms with van der Waals surface area (Å²) in [5.74, 6) is 0.627. The van der Waals surface area contributed by atoms with Gasteiger partial charge in [-0.2, -0.15) is 0 Å². The first-order valence-electron chi connectivity index (χ1n) is 6.81. The molecule has 0 radical (unpaired) electrons. The van der Waals surface area contributed by atoms with Crippen LogP contribution in [0.1, 0.15) is 34.1 Å². The molecule has 1 rings (SSSR count). The third-order valence-corrected chi connectivity index (χ3v) is 2.99. The maximum Gasteiger partial charge on any atom is 0.228 e. The fraction of sp³-hybridized carbons (Fsp3) is 0.467. The van der Waals surface area contributed by atoms with Crippen molar-refractivity contribution < 1.29 is 9.53 Å². The molecule has 20 heavy (non-hydrogen) atoms. The molecule has 4 nitrogen and oxygen atoms in total. The molecule has 1 atom stereocenters. The van der Waals surface area contributed by atoms with Crippen LogP contribution < -0.4 is 15.4 Å².